The Balaban J connectivity index is 3.55. The molecule has 0 fully saturated rings. The molecule has 70 valence electrons. The molecular formula is C12H22. The van der Waals surface area contributed by atoms with E-state index in [0.717, 1.165) is 5.92 Å². The van der Waals surface area contributed by atoms with Gasteiger partial charge in [0, 0.05) is 0 Å². The van der Waals surface area contributed by atoms with Crippen LogP contribution in [0.2, 0.25) is 0 Å². The summed E-state index contributed by atoms with van der Waals surface area (Å²) in [5, 5.41) is 0. The fraction of sp³-hybridized carbons (Fsp3) is 0.667. The van der Waals surface area contributed by atoms with Crippen LogP contribution in [0, 0.1) is 5.92 Å². The Morgan fingerprint density at radius 1 is 1.42 bits per heavy atom. The molecule has 12 heavy (non-hydrogen) atoms. The van der Waals surface area contributed by atoms with Crippen molar-refractivity contribution in [3.05, 3.63) is 23.8 Å². The molecule has 0 aromatic rings. The monoisotopic (exact) mass is 166 g/mol. The third-order valence-corrected chi connectivity index (χ3v) is 2.19. The van der Waals surface area contributed by atoms with E-state index in [1.807, 2.05) is 0 Å². The van der Waals surface area contributed by atoms with Gasteiger partial charge in [0.25, 0.3) is 0 Å². The fourth-order valence-electron chi connectivity index (χ4n) is 1.16. The first-order valence-corrected chi connectivity index (χ1v) is 4.99. The number of hydrogen-bond acceptors (Lipinski definition) is 0. The van der Waals surface area contributed by atoms with Crippen LogP contribution in [0.25, 0.3) is 0 Å². The predicted octanol–water partition coefficient (Wildman–Crippen LogP) is 4.34. The first-order chi connectivity index (χ1) is 5.70. The van der Waals surface area contributed by atoms with Crippen molar-refractivity contribution in [2.75, 3.05) is 0 Å². The fourth-order valence-corrected chi connectivity index (χ4v) is 1.16. The molecule has 0 nitrogen and oxygen atoms in total. The van der Waals surface area contributed by atoms with Crippen molar-refractivity contribution in [2.24, 2.45) is 5.92 Å². The van der Waals surface area contributed by atoms with Crippen molar-refractivity contribution < 1.29 is 0 Å². The minimum Gasteiger partial charge on any atom is -0.0914 e. The lowest BCUT2D eigenvalue weighted by Gasteiger charge is -2.02. The maximum Gasteiger partial charge on any atom is -0.0259 e. The molecule has 0 saturated heterocycles. The zero-order valence-corrected chi connectivity index (χ0v) is 8.93. The van der Waals surface area contributed by atoms with Crippen LogP contribution >= 0.6 is 0 Å². The van der Waals surface area contributed by atoms with Gasteiger partial charge in [0.2, 0.25) is 0 Å². The zero-order chi connectivity index (χ0) is 9.40. The van der Waals surface area contributed by atoms with Gasteiger partial charge in [-0.1, -0.05) is 37.6 Å². The van der Waals surface area contributed by atoms with Gasteiger partial charge in [0.05, 0.1) is 0 Å². The van der Waals surface area contributed by atoms with E-state index in [9.17, 15) is 0 Å². The lowest BCUT2D eigenvalue weighted by atomic mass is 10.0. The second-order valence-electron chi connectivity index (χ2n) is 3.48. The van der Waals surface area contributed by atoms with E-state index in [1.165, 1.54) is 24.8 Å². The zero-order valence-electron chi connectivity index (χ0n) is 8.93. The van der Waals surface area contributed by atoms with E-state index in [1.54, 1.807) is 0 Å². The molecule has 1 atom stereocenters. The van der Waals surface area contributed by atoms with Gasteiger partial charge < -0.3 is 0 Å². The maximum atomic E-state index is 2.36. The molecule has 1 unspecified atom stereocenters. The van der Waals surface area contributed by atoms with E-state index in [0.29, 0.717) is 0 Å². The highest BCUT2D eigenvalue weighted by atomic mass is 14.0. The van der Waals surface area contributed by atoms with Gasteiger partial charge in [-0.3, -0.25) is 0 Å². The summed E-state index contributed by atoms with van der Waals surface area (Å²) in [6.45, 7) is 8.78. The summed E-state index contributed by atoms with van der Waals surface area (Å²) in [5.41, 5.74) is 1.52. The molecule has 0 radical (unpaired) electrons. The van der Waals surface area contributed by atoms with Crippen LogP contribution in [0.3, 0.4) is 0 Å². The lowest BCUT2D eigenvalue weighted by molar-refractivity contribution is 0.655. The summed E-state index contributed by atoms with van der Waals surface area (Å²) in [7, 11) is 0. The first kappa shape index (κ1) is 11.5. The highest BCUT2D eigenvalue weighted by molar-refractivity contribution is 4.97. The summed E-state index contributed by atoms with van der Waals surface area (Å²) in [4.78, 5) is 0. The Morgan fingerprint density at radius 3 is 2.58 bits per heavy atom. The van der Waals surface area contributed by atoms with Gasteiger partial charge in [-0.15, -0.1) is 0 Å². The second-order valence-corrected chi connectivity index (χ2v) is 3.48. The molecule has 0 aliphatic rings. The van der Waals surface area contributed by atoms with Crippen LogP contribution in [-0.2, 0) is 0 Å². The van der Waals surface area contributed by atoms with Crippen molar-refractivity contribution in [2.45, 2.75) is 47.0 Å². The second kappa shape index (κ2) is 7.15. The van der Waals surface area contributed by atoms with E-state index in [4.69, 9.17) is 0 Å². The van der Waals surface area contributed by atoms with E-state index >= 15 is 0 Å². The van der Waals surface area contributed by atoms with Crippen LogP contribution in [0.4, 0.5) is 0 Å². The third-order valence-electron chi connectivity index (χ3n) is 2.19. The first-order valence-electron chi connectivity index (χ1n) is 4.99. The summed E-state index contributed by atoms with van der Waals surface area (Å²) in [5.74, 6) is 0.732. The molecule has 0 heterocycles. The Kier molecular flexibility index (Phi) is 6.84. The molecular weight excluding hydrogens is 144 g/mol. The quantitative estimate of drug-likeness (QED) is 0.533. The molecule has 0 N–H and O–H groups in total. The van der Waals surface area contributed by atoms with Gasteiger partial charge in [-0.05, 0) is 39.0 Å². The van der Waals surface area contributed by atoms with Crippen molar-refractivity contribution in [1.82, 2.24) is 0 Å². The topological polar surface area (TPSA) is 0 Å². The Labute approximate surface area is 77.4 Å². The molecule has 0 saturated carbocycles. The summed E-state index contributed by atoms with van der Waals surface area (Å²) >= 11 is 0. The average Bonchev–Trinajstić information content (AvgIpc) is 2.04. The molecule has 0 aliphatic heterocycles. The molecule has 0 amide bonds. The van der Waals surface area contributed by atoms with Gasteiger partial charge in [-0.2, -0.15) is 0 Å². The number of allylic oxidation sites excluding steroid dienone is 4. The SMILES string of the molecule is CC=CC(C)CCC=C(C)CC. The molecule has 0 aromatic heterocycles. The van der Waals surface area contributed by atoms with Crippen LogP contribution < -0.4 is 0 Å². The van der Waals surface area contributed by atoms with Crippen LogP contribution in [0.5, 0.6) is 0 Å². The third kappa shape index (κ3) is 6.21. The predicted molar refractivity (Wildman–Crippen MR) is 57.3 cm³/mol. The van der Waals surface area contributed by atoms with Crippen LogP contribution in [-0.4, -0.2) is 0 Å². The number of hydrogen-bond donors (Lipinski definition) is 0. The minimum atomic E-state index is 0.732. The number of rotatable bonds is 5. The largest absolute Gasteiger partial charge is 0.0914 e. The summed E-state index contributed by atoms with van der Waals surface area (Å²) in [6.07, 6.45) is 10.5. The average molecular weight is 166 g/mol. The Morgan fingerprint density at radius 2 is 2.08 bits per heavy atom. The van der Waals surface area contributed by atoms with Gasteiger partial charge in [0.15, 0.2) is 0 Å². The van der Waals surface area contributed by atoms with Crippen LogP contribution in [0.15, 0.2) is 23.8 Å². The maximum absolute atomic E-state index is 2.36. The molecule has 0 aromatic carbocycles. The smallest absolute Gasteiger partial charge is 0.0259 e. The molecule has 0 aliphatic carbocycles. The summed E-state index contributed by atoms with van der Waals surface area (Å²) < 4.78 is 0. The van der Waals surface area contributed by atoms with Gasteiger partial charge in [0.1, 0.15) is 0 Å². The molecule has 0 bridgehead atoms. The van der Waals surface area contributed by atoms with E-state index < -0.39 is 0 Å². The molecule has 0 rings (SSSR count). The van der Waals surface area contributed by atoms with Gasteiger partial charge in [-0.25, -0.2) is 0 Å². The molecule has 0 spiro atoms. The minimum absolute atomic E-state index is 0.732. The Bertz CT molecular complexity index is 151. The molecule has 0 heteroatoms. The van der Waals surface area contributed by atoms with Crippen molar-refractivity contribution in [1.29, 1.82) is 0 Å². The standard InChI is InChI=1S/C12H22/c1-5-8-12(4)10-7-9-11(3)6-2/h5,8-9,12H,6-7,10H2,1-4H3. The van der Waals surface area contributed by atoms with E-state index in [-0.39, 0.29) is 0 Å². The van der Waals surface area contributed by atoms with E-state index in [2.05, 4.69) is 45.9 Å². The Hall–Kier alpha value is -0.520. The van der Waals surface area contributed by atoms with Gasteiger partial charge >= 0.3 is 0 Å². The summed E-state index contributed by atoms with van der Waals surface area (Å²) in [6, 6.07) is 0. The van der Waals surface area contributed by atoms with Crippen molar-refractivity contribution in [3.63, 3.8) is 0 Å². The van der Waals surface area contributed by atoms with Crippen molar-refractivity contribution in [3.8, 4) is 0 Å². The normalized spacial score (nSPS) is 15.5. The van der Waals surface area contributed by atoms with Crippen molar-refractivity contribution >= 4 is 0 Å². The highest BCUT2D eigenvalue weighted by Crippen LogP contribution is 2.09. The lowest BCUT2D eigenvalue weighted by Crippen LogP contribution is -1.87. The highest BCUT2D eigenvalue weighted by Gasteiger charge is 1.93. The van der Waals surface area contributed by atoms with Crippen LogP contribution in [0.1, 0.15) is 47.0 Å².